The van der Waals surface area contributed by atoms with Crippen molar-refractivity contribution < 1.29 is 13.9 Å². The van der Waals surface area contributed by atoms with E-state index in [-0.39, 0.29) is 6.61 Å². The van der Waals surface area contributed by atoms with Crippen molar-refractivity contribution in [1.82, 2.24) is 9.78 Å². The van der Waals surface area contributed by atoms with E-state index in [1.807, 2.05) is 0 Å². The van der Waals surface area contributed by atoms with Crippen molar-refractivity contribution in [2.24, 2.45) is 7.05 Å². The van der Waals surface area contributed by atoms with Crippen molar-refractivity contribution in [3.05, 3.63) is 21.9 Å². The molecule has 0 spiro atoms. The molecule has 0 aliphatic rings. The smallest absolute Gasteiger partial charge is 0.359 e. The summed E-state index contributed by atoms with van der Waals surface area (Å²) in [4.78, 5) is 21.8. The molecular weight excluding hydrogens is 179 g/mol. The number of aromatic amines is 1. The summed E-state index contributed by atoms with van der Waals surface area (Å²) < 4.78 is 18.3. The van der Waals surface area contributed by atoms with E-state index >= 15 is 0 Å². The highest BCUT2D eigenvalue weighted by molar-refractivity contribution is 5.87. The van der Waals surface area contributed by atoms with E-state index in [1.54, 1.807) is 6.92 Å². The van der Waals surface area contributed by atoms with Crippen molar-refractivity contribution in [1.29, 1.82) is 0 Å². The summed E-state index contributed by atoms with van der Waals surface area (Å²) in [6, 6.07) is 0. The third-order valence-corrected chi connectivity index (χ3v) is 1.47. The Labute approximate surface area is 73.1 Å². The fourth-order valence-electron chi connectivity index (χ4n) is 0.860. The lowest BCUT2D eigenvalue weighted by Gasteiger charge is -1.97. The maximum Gasteiger partial charge on any atom is 0.359 e. The second-order valence-corrected chi connectivity index (χ2v) is 2.39. The molecule has 0 saturated heterocycles. The molecule has 5 nitrogen and oxygen atoms in total. The Hall–Kier alpha value is -1.59. The van der Waals surface area contributed by atoms with Crippen LogP contribution in [-0.2, 0) is 11.8 Å². The summed E-state index contributed by atoms with van der Waals surface area (Å²) >= 11 is 0. The molecular formula is C7H9FN2O3. The van der Waals surface area contributed by atoms with E-state index in [1.165, 1.54) is 7.05 Å². The predicted octanol–water partition coefficient (Wildman–Crippen LogP) is 0.0292. The number of carbonyl (C=O) groups excluding carboxylic acids is 1. The van der Waals surface area contributed by atoms with Crippen molar-refractivity contribution >= 4 is 5.97 Å². The number of ether oxygens (including phenoxy) is 1. The van der Waals surface area contributed by atoms with Crippen LogP contribution in [0.5, 0.6) is 0 Å². The first-order valence-electron chi connectivity index (χ1n) is 3.69. The van der Waals surface area contributed by atoms with Gasteiger partial charge in [-0.25, -0.2) is 4.79 Å². The van der Waals surface area contributed by atoms with Gasteiger partial charge in [0.1, 0.15) is 0 Å². The molecule has 1 aromatic heterocycles. The molecule has 0 radical (unpaired) electrons. The quantitative estimate of drug-likeness (QED) is 0.666. The number of H-pyrrole nitrogens is 1. The molecule has 13 heavy (non-hydrogen) atoms. The van der Waals surface area contributed by atoms with Crippen molar-refractivity contribution in [3.8, 4) is 0 Å². The van der Waals surface area contributed by atoms with Gasteiger partial charge in [-0.3, -0.25) is 14.6 Å². The maximum absolute atomic E-state index is 12.9. The van der Waals surface area contributed by atoms with E-state index < -0.39 is 23.0 Å². The van der Waals surface area contributed by atoms with Gasteiger partial charge in [0, 0.05) is 7.05 Å². The van der Waals surface area contributed by atoms with Gasteiger partial charge in [-0.05, 0) is 6.92 Å². The Morgan fingerprint density at radius 3 is 2.69 bits per heavy atom. The van der Waals surface area contributed by atoms with Crippen molar-refractivity contribution in [2.75, 3.05) is 6.61 Å². The lowest BCUT2D eigenvalue weighted by atomic mass is 10.4. The Balaban J connectivity index is 3.09. The van der Waals surface area contributed by atoms with Crippen LogP contribution in [0.25, 0.3) is 0 Å². The molecule has 0 fully saturated rings. The molecule has 0 saturated carbocycles. The predicted molar refractivity (Wildman–Crippen MR) is 41.9 cm³/mol. The number of rotatable bonds is 2. The highest BCUT2D eigenvalue weighted by atomic mass is 19.1. The minimum atomic E-state index is -1.11. The number of nitrogens with one attached hydrogen (secondary N) is 1. The van der Waals surface area contributed by atoms with Crippen LogP contribution < -0.4 is 5.56 Å². The summed E-state index contributed by atoms with van der Waals surface area (Å²) in [6.07, 6.45) is 0. The molecule has 0 unspecified atom stereocenters. The van der Waals surface area contributed by atoms with Gasteiger partial charge in [-0.2, -0.15) is 4.39 Å². The third kappa shape index (κ3) is 1.61. The molecule has 6 heteroatoms. The summed E-state index contributed by atoms with van der Waals surface area (Å²) in [5, 5.41) is 2.25. The number of hydrogen-bond acceptors (Lipinski definition) is 3. The number of halogens is 1. The second-order valence-electron chi connectivity index (χ2n) is 2.39. The molecule has 0 bridgehead atoms. The zero-order valence-electron chi connectivity index (χ0n) is 7.26. The van der Waals surface area contributed by atoms with E-state index in [0.29, 0.717) is 0 Å². The van der Waals surface area contributed by atoms with Crippen LogP contribution in [0.4, 0.5) is 4.39 Å². The van der Waals surface area contributed by atoms with E-state index in [9.17, 15) is 14.0 Å². The van der Waals surface area contributed by atoms with Gasteiger partial charge in [0.25, 0.3) is 0 Å². The minimum Gasteiger partial charge on any atom is -0.461 e. The molecule has 0 aliphatic heterocycles. The minimum absolute atomic E-state index is 0.134. The SMILES string of the molecule is CCOC(=O)c1[nH]n(C)c(=O)c1F. The first-order valence-corrected chi connectivity index (χ1v) is 3.69. The van der Waals surface area contributed by atoms with Gasteiger partial charge in [0.2, 0.25) is 5.82 Å². The maximum atomic E-state index is 12.9. The molecule has 72 valence electrons. The molecule has 1 rings (SSSR count). The number of esters is 1. The summed E-state index contributed by atoms with van der Waals surface area (Å²) in [7, 11) is 1.31. The van der Waals surface area contributed by atoms with Gasteiger partial charge < -0.3 is 4.74 Å². The second kappa shape index (κ2) is 3.42. The van der Waals surface area contributed by atoms with Gasteiger partial charge >= 0.3 is 11.5 Å². The first-order chi connectivity index (χ1) is 6.07. The summed E-state index contributed by atoms with van der Waals surface area (Å²) in [6.45, 7) is 1.73. The highest BCUT2D eigenvalue weighted by Crippen LogP contribution is 2.00. The molecule has 0 atom stereocenters. The Morgan fingerprint density at radius 2 is 2.31 bits per heavy atom. The zero-order chi connectivity index (χ0) is 10.0. The van der Waals surface area contributed by atoms with Crippen LogP contribution in [0.2, 0.25) is 0 Å². The molecule has 1 heterocycles. The number of aromatic nitrogens is 2. The van der Waals surface area contributed by atoms with Gasteiger partial charge in [0.05, 0.1) is 6.61 Å². The normalized spacial score (nSPS) is 10.1. The first kappa shape index (κ1) is 9.50. The number of nitrogens with zero attached hydrogens (tertiary/aromatic N) is 1. The van der Waals surface area contributed by atoms with Gasteiger partial charge in [-0.1, -0.05) is 0 Å². The lowest BCUT2D eigenvalue weighted by Crippen LogP contribution is -2.14. The van der Waals surface area contributed by atoms with Gasteiger partial charge in [-0.15, -0.1) is 0 Å². The average Bonchev–Trinajstić information content (AvgIpc) is 2.33. The number of carbonyl (C=O) groups is 1. The van der Waals surface area contributed by atoms with Crippen LogP contribution >= 0.6 is 0 Å². The van der Waals surface area contributed by atoms with Crippen molar-refractivity contribution in [3.63, 3.8) is 0 Å². The summed E-state index contributed by atoms with van der Waals surface area (Å²) in [5.74, 6) is -1.97. The number of aryl methyl sites for hydroxylation is 1. The summed E-state index contributed by atoms with van der Waals surface area (Å²) in [5.41, 5.74) is -1.31. The Kier molecular flexibility index (Phi) is 2.50. The Morgan fingerprint density at radius 1 is 1.69 bits per heavy atom. The van der Waals surface area contributed by atoms with Crippen LogP contribution in [0.3, 0.4) is 0 Å². The fourth-order valence-corrected chi connectivity index (χ4v) is 0.860. The van der Waals surface area contributed by atoms with Crippen LogP contribution in [0.1, 0.15) is 17.4 Å². The van der Waals surface area contributed by atoms with E-state index in [4.69, 9.17) is 0 Å². The largest absolute Gasteiger partial charge is 0.461 e. The van der Waals surface area contributed by atoms with E-state index in [0.717, 1.165) is 4.68 Å². The molecule has 1 aromatic rings. The van der Waals surface area contributed by atoms with Crippen LogP contribution in [0.15, 0.2) is 4.79 Å². The topological polar surface area (TPSA) is 64.1 Å². The van der Waals surface area contributed by atoms with Crippen LogP contribution in [0, 0.1) is 5.82 Å². The van der Waals surface area contributed by atoms with Crippen molar-refractivity contribution in [2.45, 2.75) is 6.92 Å². The molecule has 0 amide bonds. The monoisotopic (exact) mass is 188 g/mol. The standard InChI is InChI=1S/C7H9FN2O3/c1-3-13-7(12)5-4(8)6(11)10(2)9-5/h9H,3H2,1-2H3. The van der Waals surface area contributed by atoms with Crippen LogP contribution in [-0.4, -0.2) is 22.4 Å². The highest BCUT2D eigenvalue weighted by Gasteiger charge is 2.19. The zero-order valence-corrected chi connectivity index (χ0v) is 7.26. The molecule has 1 N–H and O–H groups in total. The average molecular weight is 188 g/mol. The van der Waals surface area contributed by atoms with Gasteiger partial charge in [0.15, 0.2) is 5.69 Å². The third-order valence-electron chi connectivity index (χ3n) is 1.47. The fraction of sp³-hybridized carbons (Fsp3) is 0.429. The molecule has 0 aliphatic carbocycles. The molecule has 0 aromatic carbocycles. The van der Waals surface area contributed by atoms with E-state index in [2.05, 4.69) is 9.84 Å². The Bertz CT molecular complexity index is 380. The lowest BCUT2D eigenvalue weighted by molar-refractivity contribution is 0.0513. The number of hydrogen-bond donors (Lipinski definition) is 1.